The number of amidine groups is 4. The topological polar surface area (TPSA) is 451 Å². The molecule has 43 heteroatoms. The minimum Gasteiger partial charge on any atom is -0.748 e. The zero-order valence-corrected chi connectivity index (χ0v) is 46.5. The van der Waals surface area contributed by atoms with Gasteiger partial charge in [-0.25, -0.2) is 36.8 Å². The minimum atomic E-state index is -4.72. The molecule has 0 aliphatic carbocycles. The van der Waals surface area contributed by atoms with Gasteiger partial charge in [-0.05, 0) is 12.8 Å². The Morgan fingerprint density at radius 3 is 1.69 bits per heavy atom. The molecule has 6 aromatic rings. The van der Waals surface area contributed by atoms with Crippen LogP contribution in [0.25, 0.3) is 20.4 Å². The molecule has 6 aliphatic heterocycles. The molecule has 0 amide bonds. The first-order valence-electron chi connectivity index (χ1n) is 20.4. The zero-order valence-electron chi connectivity index (χ0n) is 40.0. The van der Waals surface area contributed by atoms with Crippen LogP contribution >= 0.6 is 45.3 Å². The Labute approximate surface area is 499 Å². The van der Waals surface area contributed by atoms with Crippen LogP contribution in [0.3, 0.4) is 0 Å². The van der Waals surface area contributed by atoms with Crippen LogP contribution in [0.1, 0.15) is 32.6 Å². The number of fused-ring (bicyclic) bond motifs is 12. The largest absolute Gasteiger partial charge is 1.00 e. The molecule has 0 bridgehead atoms. The molecule has 0 saturated heterocycles. The third-order valence-corrected chi connectivity index (χ3v) is 16.6. The summed E-state index contributed by atoms with van der Waals surface area (Å²) in [5, 5.41) is 51.6. The van der Waals surface area contributed by atoms with Crippen molar-refractivity contribution in [2.75, 3.05) is 47.1 Å². The van der Waals surface area contributed by atoms with Crippen molar-refractivity contribution in [3.63, 3.8) is 0 Å². The van der Waals surface area contributed by atoms with Crippen molar-refractivity contribution < 1.29 is 156 Å². The van der Waals surface area contributed by atoms with E-state index < -0.39 is 83.3 Å². The summed E-state index contributed by atoms with van der Waals surface area (Å²) in [6.07, 6.45) is -4.00. The average molecular weight is 1190 g/mol. The molecular formula is C34H29Li4N15O16S8+2. The number of aliphatic hydroxyl groups excluding tert-OH is 4. The monoisotopic (exact) mass is 1190 g/mol. The molecule has 12 rings (SSSR count). The van der Waals surface area contributed by atoms with E-state index in [1.807, 2.05) is 18.3 Å². The van der Waals surface area contributed by atoms with Gasteiger partial charge in [-0.3, -0.25) is 0 Å². The van der Waals surface area contributed by atoms with Crippen LogP contribution in [0.4, 0.5) is 27.0 Å². The maximum absolute atomic E-state index is 11.4. The van der Waals surface area contributed by atoms with Gasteiger partial charge in [0.25, 0.3) is 23.3 Å². The quantitative estimate of drug-likeness (QED) is 0.0205. The number of nitrogens with zero attached hydrogens (tertiary/aromatic N) is 12. The molecular weight excluding hydrogens is 1160 g/mol. The van der Waals surface area contributed by atoms with Crippen LogP contribution in [-0.4, -0.2) is 189 Å². The smallest absolute Gasteiger partial charge is 0.748 e. The van der Waals surface area contributed by atoms with E-state index in [9.17, 15) is 46.4 Å². The fraction of sp³-hybridized carbons (Fsp3) is 0.353. The Balaban J connectivity index is 0.000000752. The summed E-state index contributed by atoms with van der Waals surface area (Å²) in [7, 11) is -15.7. The number of hydrogen-bond acceptors (Lipinski definition) is 31. The summed E-state index contributed by atoms with van der Waals surface area (Å²) >= 11 is 5.03. The van der Waals surface area contributed by atoms with Gasteiger partial charge in [0.15, 0.2) is 26.8 Å². The summed E-state index contributed by atoms with van der Waals surface area (Å²) in [5.41, 5.74) is 2.67. The third-order valence-electron chi connectivity index (χ3n) is 10.9. The van der Waals surface area contributed by atoms with Crippen molar-refractivity contribution in [1.82, 2.24) is 29.1 Å². The molecule has 12 heterocycles. The van der Waals surface area contributed by atoms with E-state index in [1.165, 1.54) is 34.0 Å². The molecule has 0 fully saturated rings. The van der Waals surface area contributed by atoms with Gasteiger partial charge in [0.05, 0.1) is 49.0 Å². The van der Waals surface area contributed by atoms with Crippen molar-refractivity contribution in [2.24, 2.45) is 20.0 Å². The number of aliphatic imine (C=N–C) groups is 2. The van der Waals surface area contributed by atoms with E-state index in [2.05, 4.69) is 29.8 Å². The van der Waals surface area contributed by atoms with E-state index >= 15 is 0 Å². The fourth-order valence-corrected chi connectivity index (χ4v) is 13.6. The van der Waals surface area contributed by atoms with Crippen molar-refractivity contribution in [1.29, 1.82) is 0 Å². The fourth-order valence-electron chi connectivity index (χ4n) is 8.55. The van der Waals surface area contributed by atoms with Gasteiger partial charge in [0, 0.05) is 19.6 Å². The molecule has 7 N–H and O–H groups in total. The van der Waals surface area contributed by atoms with Gasteiger partial charge < -0.3 is 59.3 Å². The maximum Gasteiger partial charge on any atom is 1.00 e. The first-order valence-corrected chi connectivity index (χ1v) is 28.9. The van der Waals surface area contributed by atoms with E-state index in [-0.39, 0.29) is 105 Å². The summed E-state index contributed by atoms with van der Waals surface area (Å²) in [5.74, 6) is -1.09. The Bertz CT molecular complexity index is 4130. The van der Waals surface area contributed by atoms with E-state index in [0.29, 0.717) is 106 Å². The van der Waals surface area contributed by atoms with E-state index in [1.54, 1.807) is 0 Å². The molecule has 6 aromatic heterocycles. The molecule has 5 atom stereocenters. The van der Waals surface area contributed by atoms with Crippen LogP contribution in [0.5, 0.6) is 0 Å². The second kappa shape index (κ2) is 23.2. The summed E-state index contributed by atoms with van der Waals surface area (Å²) in [4.78, 5) is 42.1. The van der Waals surface area contributed by atoms with Crippen LogP contribution in [0.2, 0.25) is 0 Å². The van der Waals surface area contributed by atoms with Gasteiger partial charge in [-0.15, -0.1) is 45.7 Å². The Hall–Kier alpha value is -3.43. The van der Waals surface area contributed by atoms with Gasteiger partial charge in [-0.2, -0.15) is 9.13 Å². The Kier molecular flexibility index (Phi) is 18.9. The number of aryl methyl sites for hydroxylation is 1. The molecule has 31 nitrogen and oxygen atoms in total. The summed E-state index contributed by atoms with van der Waals surface area (Å²) < 4.78 is 128. The van der Waals surface area contributed by atoms with Crippen molar-refractivity contribution >= 4 is 158 Å². The van der Waals surface area contributed by atoms with Crippen molar-refractivity contribution in [3.8, 4) is 0 Å². The summed E-state index contributed by atoms with van der Waals surface area (Å²) in [6, 6.07) is 0. The van der Waals surface area contributed by atoms with Crippen LogP contribution < -0.4 is 102 Å². The van der Waals surface area contributed by atoms with Gasteiger partial charge in [-0.1, -0.05) is 66.2 Å². The van der Waals surface area contributed by atoms with Crippen molar-refractivity contribution in [2.45, 2.75) is 43.2 Å². The van der Waals surface area contributed by atoms with Crippen molar-refractivity contribution in [3.05, 3.63) is 51.0 Å². The average Bonchev–Trinajstić information content (AvgIpc) is 4.14. The number of nitrogens with one attached hydrogen (secondary N) is 3. The van der Waals surface area contributed by atoms with Crippen LogP contribution in [0.15, 0.2) is 20.0 Å². The number of rotatable bonds is 16. The number of aliphatic hydroxyl groups is 4. The molecule has 0 aromatic carbocycles. The van der Waals surface area contributed by atoms with E-state index in [4.69, 9.17) is 65.2 Å². The number of hydrogen-bond donors (Lipinski definition) is 7. The predicted octanol–water partition coefficient (Wildman–Crippen LogP) is -16.1. The van der Waals surface area contributed by atoms with Crippen LogP contribution in [-0.2, 0) is 53.8 Å². The van der Waals surface area contributed by atoms with Crippen LogP contribution in [0, 0.1) is 13.8 Å². The first-order chi connectivity index (χ1) is 34.3. The predicted molar refractivity (Wildman–Crippen MR) is 253 cm³/mol. The molecule has 77 heavy (non-hydrogen) atoms. The SMILES string of the molecule is O=S(=O)=O.O=S(=O)=O.[CH2-]C(O)CCc1nc2c(s1)C1=[N+]3C2=Nc2c4sc(NCC(O)CS(=O)(=O)[O-])nc4c4n2[C@]32n3c(c5nc(NCC([CH2-])O)sc5c3=NC3=[N+]2C(=N4)c2sc(NCC(O)CS(=O)(=O)[O-])nc23)=N1.[Li+].[Li+].[Li+].[Li+]. The zero-order chi connectivity index (χ0) is 52.4. The second-order valence-corrected chi connectivity index (χ2v) is 23.8. The Morgan fingerprint density at radius 1 is 0.597 bits per heavy atom. The number of thiazole rings is 4. The third kappa shape index (κ3) is 11.3. The molecule has 0 saturated carbocycles. The molecule has 0 radical (unpaired) electrons. The first kappa shape index (κ1) is 62.8. The van der Waals surface area contributed by atoms with E-state index in [0.717, 1.165) is 16.3 Å². The normalized spacial score (nSPS) is 17.7. The molecule has 386 valence electrons. The van der Waals surface area contributed by atoms with Gasteiger partial charge in [0.1, 0.15) is 30.2 Å². The molecule has 1 spiro atoms. The number of aromatic nitrogens is 6. The summed E-state index contributed by atoms with van der Waals surface area (Å²) in [6.45, 7) is 6.89. The minimum absolute atomic E-state index is 0. The molecule has 4 unspecified atom stereocenters. The van der Waals surface area contributed by atoms with Gasteiger partial charge in [0.2, 0.25) is 22.6 Å². The standard InChI is InChI=1S/C34H29N15O10S6.4Li.2O3S/c1-10(50)3-4-14-38-15-19(60-14)27-43-24-16-20(61-31(39-16)35-5-11(2)51)29-44-26-18-22(63-33(41-18)37-7-13(53)9-65(57,58)59)30-45-25-17-21(62-32(40-17)36-6-12(52)8-64(54,55)56)28-42-23(15)46(27)34(47(24)29,48(25)28)49(26)30;;;;;2*1-4(2)3/h10-13,50-53H,1-9H2,(H3,35,36,39,40,42,54,55,56,57,58,59);;;;;;/q-2;4*+1;;/t10?,11?,12?,13?,34-;;;;;;/m1....../s1. The number of anilines is 3. The van der Waals surface area contributed by atoms with Gasteiger partial charge >= 0.3 is 103 Å². The second-order valence-electron chi connectivity index (χ2n) is 16.0. The molecule has 6 aliphatic rings. The Morgan fingerprint density at radius 2 is 1.12 bits per heavy atom. The maximum atomic E-state index is 11.4.